The molecule has 0 amide bonds. The zero-order chi connectivity index (χ0) is 8.77. The van der Waals surface area contributed by atoms with Crippen molar-refractivity contribution in [3.8, 4) is 0 Å². The third-order valence-corrected chi connectivity index (χ3v) is 3.29. The molecule has 1 fully saturated rings. The van der Waals surface area contributed by atoms with Crippen molar-refractivity contribution in [1.82, 2.24) is 5.01 Å². The lowest BCUT2D eigenvalue weighted by Crippen LogP contribution is -2.32. The molecule has 68 valence electrons. The summed E-state index contributed by atoms with van der Waals surface area (Å²) in [6.45, 7) is 8.00. The maximum Gasteiger partial charge on any atom is 0.0472 e. The molecule has 2 aliphatic rings. The topological polar surface area (TPSA) is 15.6 Å². The fourth-order valence-electron chi connectivity index (χ4n) is 1.56. The minimum Gasteiger partial charge on any atom is -0.293 e. The Morgan fingerprint density at radius 3 is 2.58 bits per heavy atom. The number of hydrazone groups is 1. The largest absolute Gasteiger partial charge is 0.293 e. The Morgan fingerprint density at radius 2 is 2.17 bits per heavy atom. The first kappa shape index (κ1) is 8.09. The maximum atomic E-state index is 4.48. The highest BCUT2D eigenvalue weighted by Gasteiger charge is 2.39. The first-order chi connectivity index (χ1) is 5.62. The van der Waals surface area contributed by atoms with Crippen LogP contribution < -0.4 is 0 Å². The molecule has 0 aromatic heterocycles. The second-order valence-electron chi connectivity index (χ2n) is 4.73. The van der Waals surface area contributed by atoms with Gasteiger partial charge in [-0.2, -0.15) is 5.10 Å². The van der Waals surface area contributed by atoms with Gasteiger partial charge >= 0.3 is 0 Å². The van der Waals surface area contributed by atoms with E-state index in [-0.39, 0.29) is 0 Å². The molecule has 1 unspecified atom stereocenters. The van der Waals surface area contributed by atoms with Crippen LogP contribution in [0.15, 0.2) is 5.10 Å². The standard InChI is InChI=1S/C10H18N2/c1-8(2)10(3)6-11-12(7-10)9-4-5-9/h6,8-9H,4-5,7H2,1-3H3. The summed E-state index contributed by atoms with van der Waals surface area (Å²) in [5.74, 6) is 0.699. The van der Waals surface area contributed by atoms with E-state index in [1.165, 1.54) is 12.8 Å². The number of rotatable bonds is 2. The second kappa shape index (κ2) is 2.48. The molecule has 0 N–H and O–H groups in total. The zero-order valence-electron chi connectivity index (χ0n) is 8.25. The molecule has 1 aliphatic carbocycles. The van der Waals surface area contributed by atoms with E-state index < -0.39 is 0 Å². The smallest absolute Gasteiger partial charge is 0.0472 e. The summed E-state index contributed by atoms with van der Waals surface area (Å²) < 4.78 is 0. The summed E-state index contributed by atoms with van der Waals surface area (Å²) in [7, 11) is 0. The minimum absolute atomic E-state index is 0.322. The van der Waals surface area contributed by atoms with E-state index >= 15 is 0 Å². The Kier molecular flexibility index (Phi) is 1.67. The van der Waals surface area contributed by atoms with Crippen LogP contribution in [0.2, 0.25) is 0 Å². The Bertz CT molecular complexity index is 206. The number of hydrogen-bond donors (Lipinski definition) is 0. The predicted octanol–water partition coefficient (Wildman–Crippen LogP) is 2.11. The van der Waals surface area contributed by atoms with Gasteiger partial charge in [-0.1, -0.05) is 20.8 Å². The summed E-state index contributed by atoms with van der Waals surface area (Å²) in [6, 6.07) is 0.779. The maximum absolute atomic E-state index is 4.48. The highest BCUT2D eigenvalue weighted by atomic mass is 15.5. The van der Waals surface area contributed by atoms with Gasteiger partial charge in [-0.05, 0) is 18.8 Å². The van der Waals surface area contributed by atoms with Gasteiger partial charge in [-0.25, -0.2) is 0 Å². The van der Waals surface area contributed by atoms with Crippen molar-refractivity contribution in [2.75, 3.05) is 6.54 Å². The molecule has 12 heavy (non-hydrogen) atoms. The van der Waals surface area contributed by atoms with Gasteiger partial charge in [0.2, 0.25) is 0 Å². The van der Waals surface area contributed by atoms with Crippen molar-refractivity contribution in [2.24, 2.45) is 16.4 Å². The molecule has 1 heterocycles. The monoisotopic (exact) mass is 166 g/mol. The molecule has 2 nitrogen and oxygen atoms in total. The molecule has 0 radical (unpaired) electrons. The molecular formula is C10H18N2. The van der Waals surface area contributed by atoms with Crippen molar-refractivity contribution in [1.29, 1.82) is 0 Å². The highest BCUT2D eigenvalue weighted by Crippen LogP contribution is 2.36. The lowest BCUT2D eigenvalue weighted by molar-refractivity contribution is 0.211. The van der Waals surface area contributed by atoms with Gasteiger partial charge in [-0.15, -0.1) is 0 Å². The fraction of sp³-hybridized carbons (Fsp3) is 0.900. The van der Waals surface area contributed by atoms with E-state index in [0.717, 1.165) is 12.6 Å². The van der Waals surface area contributed by atoms with Crippen LogP contribution in [0.25, 0.3) is 0 Å². The highest BCUT2D eigenvalue weighted by molar-refractivity contribution is 5.67. The van der Waals surface area contributed by atoms with Crippen LogP contribution in [0.1, 0.15) is 33.6 Å². The molecule has 0 bridgehead atoms. The van der Waals surface area contributed by atoms with Gasteiger partial charge in [0.15, 0.2) is 0 Å². The van der Waals surface area contributed by atoms with Crippen LogP contribution in [0.3, 0.4) is 0 Å². The van der Waals surface area contributed by atoms with Crippen LogP contribution in [0.4, 0.5) is 0 Å². The molecule has 1 atom stereocenters. The molecule has 0 aromatic carbocycles. The SMILES string of the molecule is CC(C)C1(C)C=NN(C2CC2)C1. The van der Waals surface area contributed by atoms with E-state index in [1.807, 2.05) is 0 Å². The van der Waals surface area contributed by atoms with E-state index in [2.05, 4.69) is 37.1 Å². The zero-order valence-corrected chi connectivity index (χ0v) is 8.25. The molecule has 1 saturated carbocycles. The van der Waals surface area contributed by atoms with Crippen LogP contribution in [-0.4, -0.2) is 23.8 Å². The fourth-order valence-corrected chi connectivity index (χ4v) is 1.56. The van der Waals surface area contributed by atoms with Gasteiger partial charge in [0, 0.05) is 24.2 Å². The quantitative estimate of drug-likeness (QED) is 0.613. The normalized spacial score (nSPS) is 35.2. The number of nitrogens with zero attached hydrogens (tertiary/aromatic N) is 2. The van der Waals surface area contributed by atoms with Gasteiger partial charge in [0.05, 0.1) is 0 Å². The second-order valence-corrected chi connectivity index (χ2v) is 4.73. The van der Waals surface area contributed by atoms with Crippen molar-refractivity contribution in [3.05, 3.63) is 0 Å². The van der Waals surface area contributed by atoms with Crippen LogP contribution >= 0.6 is 0 Å². The molecule has 0 aromatic rings. The minimum atomic E-state index is 0.322. The summed E-state index contributed by atoms with van der Waals surface area (Å²) in [5, 5.41) is 6.76. The lowest BCUT2D eigenvalue weighted by Gasteiger charge is -2.27. The van der Waals surface area contributed by atoms with Gasteiger partial charge in [-0.3, -0.25) is 5.01 Å². The average molecular weight is 166 g/mol. The van der Waals surface area contributed by atoms with Gasteiger partial charge < -0.3 is 0 Å². The average Bonchev–Trinajstić information content (AvgIpc) is 2.76. The Labute approximate surface area is 74.6 Å². The van der Waals surface area contributed by atoms with E-state index in [0.29, 0.717) is 11.3 Å². The molecule has 2 rings (SSSR count). The third kappa shape index (κ3) is 1.23. The van der Waals surface area contributed by atoms with E-state index in [4.69, 9.17) is 0 Å². The summed E-state index contributed by atoms with van der Waals surface area (Å²) in [4.78, 5) is 0. The van der Waals surface area contributed by atoms with Gasteiger partial charge in [0.1, 0.15) is 0 Å². The molecule has 0 saturated heterocycles. The van der Waals surface area contributed by atoms with Crippen molar-refractivity contribution < 1.29 is 0 Å². The predicted molar refractivity (Wildman–Crippen MR) is 51.2 cm³/mol. The van der Waals surface area contributed by atoms with Crippen LogP contribution in [0.5, 0.6) is 0 Å². The molecule has 2 heteroatoms. The Hall–Kier alpha value is -0.530. The Morgan fingerprint density at radius 1 is 1.50 bits per heavy atom. The lowest BCUT2D eigenvalue weighted by atomic mass is 9.81. The molecule has 1 aliphatic heterocycles. The van der Waals surface area contributed by atoms with Crippen LogP contribution in [0, 0.1) is 11.3 Å². The summed E-state index contributed by atoms with van der Waals surface area (Å²) in [5.41, 5.74) is 0.322. The van der Waals surface area contributed by atoms with Crippen molar-refractivity contribution in [3.63, 3.8) is 0 Å². The molecular weight excluding hydrogens is 148 g/mol. The summed E-state index contributed by atoms with van der Waals surface area (Å²) in [6.07, 6.45) is 4.85. The summed E-state index contributed by atoms with van der Waals surface area (Å²) >= 11 is 0. The van der Waals surface area contributed by atoms with Crippen LogP contribution in [-0.2, 0) is 0 Å². The third-order valence-electron chi connectivity index (χ3n) is 3.29. The number of hydrogen-bond acceptors (Lipinski definition) is 2. The van der Waals surface area contributed by atoms with Crippen molar-refractivity contribution in [2.45, 2.75) is 39.7 Å². The van der Waals surface area contributed by atoms with Gasteiger partial charge in [0.25, 0.3) is 0 Å². The van der Waals surface area contributed by atoms with Crippen molar-refractivity contribution >= 4 is 6.21 Å². The van der Waals surface area contributed by atoms with E-state index in [1.54, 1.807) is 0 Å². The first-order valence-electron chi connectivity index (χ1n) is 4.93. The first-order valence-corrected chi connectivity index (χ1v) is 4.93. The Balaban J connectivity index is 2.01. The molecule has 0 spiro atoms. The van der Waals surface area contributed by atoms with E-state index in [9.17, 15) is 0 Å².